The van der Waals surface area contributed by atoms with E-state index in [1.807, 2.05) is 0 Å². The maximum atomic E-state index is 12.6. The summed E-state index contributed by atoms with van der Waals surface area (Å²) in [5, 5.41) is 32.4. The highest BCUT2D eigenvalue weighted by Crippen LogP contribution is 2.32. The van der Waals surface area contributed by atoms with E-state index < -0.39 is 17.3 Å². The molecule has 0 radical (unpaired) electrons. The fourth-order valence-corrected chi connectivity index (χ4v) is 2.84. The van der Waals surface area contributed by atoms with E-state index in [2.05, 4.69) is 19.2 Å². The third-order valence-electron chi connectivity index (χ3n) is 4.44. The lowest BCUT2D eigenvalue weighted by atomic mass is 10.00. The molecule has 0 bridgehead atoms. The van der Waals surface area contributed by atoms with Gasteiger partial charge in [0.25, 0.3) is 5.91 Å². The Morgan fingerprint density at radius 1 is 1.11 bits per heavy atom. The van der Waals surface area contributed by atoms with Crippen molar-refractivity contribution in [2.24, 2.45) is 5.92 Å². The lowest BCUT2D eigenvalue weighted by molar-refractivity contribution is 0.102. The molecule has 146 valence electrons. The van der Waals surface area contributed by atoms with E-state index in [9.17, 15) is 24.9 Å². The molecule has 3 rings (SSSR count). The molecule has 0 spiro atoms. The van der Waals surface area contributed by atoms with Crippen LogP contribution in [0.2, 0.25) is 0 Å². The Hall–Kier alpha value is -3.48. The molecular formula is C21H21NO6. The molecule has 7 heteroatoms. The van der Waals surface area contributed by atoms with Gasteiger partial charge in [0.2, 0.25) is 0 Å². The molecule has 0 unspecified atom stereocenters. The smallest absolute Gasteiger partial charge is 0.364 e. The molecule has 28 heavy (non-hydrogen) atoms. The van der Waals surface area contributed by atoms with Crippen LogP contribution in [0.4, 0.5) is 5.69 Å². The lowest BCUT2D eigenvalue weighted by Gasteiger charge is -2.11. The minimum atomic E-state index is -0.942. The Labute approximate surface area is 160 Å². The predicted molar refractivity (Wildman–Crippen MR) is 105 cm³/mol. The third-order valence-corrected chi connectivity index (χ3v) is 4.44. The zero-order valence-electron chi connectivity index (χ0n) is 15.5. The van der Waals surface area contributed by atoms with E-state index in [4.69, 9.17) is 4.42 Å². The number of aryl methyl sites for hydroxylation is 1. The number of benzene rings is 2. The average molecular weight is 383 g/mol. The first-order valence-electron chi connectivity index (χ1n) is 8.88. The van der Waals surface area contributed by atoms with Crippen LogP contribution in [-0.2, 0) is 6.42 Å². The van der Waals surface area contributed by atoms with Crippen LogP contribution in [0.25, 0.3) is 11.0 Å². The summed E-state index contributed by atoms with van der Waals surface area (Å²) in [5.41, 5.74) is -0.461. The van der Waals surface area contributed by atoms with E-state index in [-0.39, 0.29) is 33.7 Å². The van der Waals surface area contributed by atoms with Crippen LogP contribution in [0, 0.1) is 5.92 Å². The standard InChI is InChI=1S/C21H21NO6/c1-11(2)3-4-12-9-13(5-8-16(12)24)20(26)22-18-19(25)15-7-6-14(23)10-17(15)28-21(18)27/h5-11,23-25H,3-4H2,1-2H3,(H,22,26). The summed E-state index contributed by atoms with van der Waals surface area (Å²) in [6, 6.07) is 8.32. The number of rotatable bonds is 5. The highest BCUT2D eigenvalue weighted by atomic mass is 16.4. The molecule has 0 aliphatic heterocycles. The number of hydrogen-bond acceptors (Lipinski definition) is 6. The van der Waals surface area contributed by atoms with Crippen LogP contribution in [-0.4, -0.2) is 21.2 Å². The van der Waals surface area contributed by atoms with Crippen molar-refractivity contribution in [3.63, 3.8) is 0 Å². The summed E-state index contributed by atoms with van der Waals surface area (Å²) in [5.74, 6) is -0.643. The Morgan fingerprint density at radius 3 is 2.57 bits per heavy atom. The van der Waals surface area contributed by atoms with E-state index >= 15 is 0 Å². The predicted octanol–water partition coefficient (Wildman–Crippen LogP) is 3.75. The molecule has 3 aromatic rings. The highest BCUT2D eigenvalue weighted by Gasteiger charge is 2.18. The van der Waals surface area contributed by atoms with Crippen molar-refractivity contribution in [2.75, 3.05) is 5.32 Å². The van der Waals surface area contributed by atoms with Gasteiger partial charge >= 0.3 is 5.63 Å². The molecule has 0 saturated heterocycles. The second kappa shape index (κ2) is 7.64. The molecule has 0 aliphatic carbocycles. The maximum absolute atomic E-state index is 12.6. The number of phenols is 2. The number of anilines is 1. The van der Waals surface area contributed by atoms with E-state index in [1.165, 1.54) is 30.3 Å². The van der Waals surface area contributed by atoms with Crippen molar-refractivity contribution >= 4 is 22.6 Å². The minimum absolute atomic E-state index is 0.00102. The van der Waals surface area contributed by atoms with Gasteiger partial charge in [-0.15, -0.1) is 0 Å². The van der Waals surface area contributed by atoms with Crippen LogP contribution >= 0.6 is 0 Å². The molecule has 1 heterocycles. The number of phenolic OH excluding ortho intramolecular Hbond substituents is 2. The summed E-state index contributed by atoms with van der Waals surface area (Å²) in [4.78, 5) is 24.8. The van der Waals surface area contributed by atoms with Gasteiger partial charge in [0, 0.05) is 11.6 Å². The van der Waals surface area contributed by atoms with Crippen molar-refractivity contribution in [3.05, 3.63) is 57.9 Å². The topological polar surface area (TPSA) is 120 Å². The SMILES string of the molecule is CC(C)CCc1cc(C(=O)Nc2c(O)c3ccc(O)cc3oc2=O)ccc1O. The van der Waals surface area contributed by atoms with Gasteiger partial charge in [-0.1, -0.05) is 13.8 Å². The Balaban J connectivity index is 1.92. The molecule has 1 amide bonds. The van der Waals surface area contributed by atoms with Crippen molar-refractivity contribution < 1.29 is 24.5 Å². The molecule has 0 fully saturated rings. The van der Waals surface area contributed by atoms with Gasteiger partial charge in [-0.05, 0) is 54.7 Å². The van der Waals surface area contributed by atoms with Crippen LogP contribution in [0.5, 0.6) is 17.2 Å². The van der Waals surface area contributed by atoms with Crippen molar-refractivity contribution in [2.45, 2.75) is 26.7 Å². The number of carbonyl (C=O) groups excluding carboxylic acids is 1. The average Bonchev–Trinajstić information content (AvgIpc) is 2.63. The van der Waals surface area contributed by atoms with Gasteiger partial charge in [-0.2, -0.15) is 0 Å². The van der Waals surface area contributed by atoms with Crippen molar-refractivity contribution in [1.82, 2.24) is 0 Å². The number of carbonyl (C=O) groups is 1. The van der Waals surface area contributed by atoms with Crippen LogP contribution in [0.1, 0.15) is 36.2 Å². The quantitative estimate of drug-likeness (QED) is 0.498. The zero-order valence-corrected chi connectivity index (χ0v) is 15.5. The summed E-state index contributed by atoms with van der Waals surface area (Å²) >= 11 is 0. The van der Waals surface area contributed by atoms with Gasteiger partial charge in [-0.3, -0.25) is 4.79 Å². The third kappa shape index (κ3) is 3.93. The van der Waals surface area contributed by atoms with Gasteiger partial charge in [0.15, 0.2) is 11.4 Å². The molecule has 0 atom stereocenters. The number of amides is 1. The summed E-state index contributed by atoms with van der Waals surface area (Å²) in [6.45, 7) is 4.13. The van der Waals surface area contributed by atoms with Crippen molar-refractivity contribution in [3.8, 4) is 17.2 Å². The normalized spacial score (nSPS) is 11.1. The number of hydrogen-bond donors (Lipinski definition) is 4. The number of fused-ring (bicyclic) bond motifs is 1. The zero-order chi connectivity index (χ0) is 20.4. The summed E-state index contributed by atoms with van der Waals surface area (Å²) in [7, 11) is 0. The first kappa shape index (κ1) is 19.3. The molecule has 4 N–H and O–H groups in total. The fraction of sp³-hybridized carbons (Fsp3) is 0.238. The second-order valence-electron chi connectivity index (χ2n) is 7.02. The Bertz CT molecular complexity index is 1100. The second-order valence-corrected chi connectivity index (χ2v) is 7.02. The molecule has 7 nitrogen and oxygen atoms in total. The summed E-state index contributed by atoms with van der Waals surface area (Å²) in [6.07, 6.45) is 1.46. The molecule has 1 aromatic heterocycles. The molecule has 0 aliphatic rings. The van der Waals surface area contributed by atoms with E-state index in [0.29, 0.717) is 17.9 Å². The number of aromatic hydroxyl groups is 3. The lowest BCUT2D eigenvalue weighted by Crippen LogP contribution is -2.18. The van der Waals surface area contributed by atoms with E-state index in [1.54, 1.807) is 6.07 Å². The fourth-order valence-electron chi connectivity index (χ4n) is 2.84. The Kier molecular flexibility index (Phi) is 5.26. The van der Waals surface area contributed by atoms with Gasteiger partial charge in [-0.25, -0.2) is 4.79 Å². The van der Waals surface area contributed by atoms with Gasteiger partial charge in [0.05, 0.1) is 5.39 Å². The van der Waals surface area contributed by atoms with Gasteiger partial charge in [0.1, 0.15) is 17.1 Å². The van der Waals surface area contributed by atoms with Crippen LogP contribution in [0.15, 0.2) is 45.6 Å². The Morgan fingerprint density at radius 2 is 1.86 bits per heavy atom. The largest absolute Gasteiger partial charge is 0.508 e. The minimum Gasteiger partial charge on any atom is -0.508 e. The highest BCUT2D eigenvalue weighted by molar-refractivity contribution is 6.06. The summed E-state index contributed by atoms with van der Waals surface area (Å²) < 4.78 is 5.07. The number of nitrogens with one attached hydrogen (secondary N) is 1. The first-order chi connectivity index (χ1) is 13.3. The first-order valence-corrected chi connectivity index (χ1v) is 8.88. The molecular weight excluding hydrogens is 362 g/mol. The maximum Gasteiger partial charge on any atom is 0.364 e. The monoisotopic (exact) mass is 383 g/mol. The van der Waals surface area contributed by atoms with Crippen LogP contribution in [0.3, 0.4) is 0 Å². The van der Waals surface area contributed by atoms with E-state index in [0.717, 1.165) is 6.42 Å². The van der Waals surface area contributed by atoms with Crippen molar-refractivity contribution in [1.29, 1.82) is 0 Å². The molecule has 2 aromatic carbocycles. The van der Waals surface area contributed by atoms with Gasteiger partial charge < -0.3 is 25.1 Å². The molecule has 0 saturated carbocycles. The van der Waals surface area contributed by atoms with Crippen LogP contribution < -0.4 is 10.9 Å².